The molecule has 1 rings (SSSR count). The minimum atomic E-state index is 0.726. The molecule has 1 heteroatoms. The van der Waals surface area contributed by atoms with E-state index in [0.717, 1.165) is 25.0 Å². The second-order valence-electron chi connectivity index (χ2n) is 4.22. The summed E-state index contributed by atoms with van der Waals surface area (Å²) in [5, 5.41) is 0. The maximum atomic E-state index is 5.45. The molecule has 0 aromatic carbocycles. The van der Waals surface area contributed by atoms with Crippen LogP contribution in [0.3, 0.4) is 0 Å². The molecule has 0 amide bonds. The minimum absolute atomic E-state index is 0.726. The van der Waals surface area contributed by atoms with E-state index >= 15 is 0 Å². The Morgan fingerprint density at radius 2 is 2.38 bits per heavy atom. The summed E-state index contributed by atoms with van der Waals surface area (Å²) in [5.41, 5.74) is 1.57. The first-order valence-corrected chi connectivity index (χ1v) is 5.47. The molecule has 2 atom stereocenters. The fourth-order valence-corrected chi connectivity index (χ4v) is 1.94. The van der Waals surface area contributed by atoms with Crippen molar-refractivity contribution in [2.24, 2.45) is 11.8 Å². The molecule has 0 aromatic heterocycles. The van der Waals surface area contributed by atoms with Crippen LogP contribution in [0, 0.1) is 11.8 Å². The first-order valence-electron chi connectivity index (χ1n) is 5.47. The molecule has 0 aromatic rings. The molecule has 0 saturated heterocycles. The van der Waals surface area contributed by atoms with Crippen molar-refractivity contribution in [2.45, 2.75) is 40.0 Å². The maximum Gasteiger partial charge on any atom is 0.0494 e. The zero-order valence-electron chi connectivity index (χ0n) is 9.18. The summed E-state index contributed by atoms with van der Waals surface area (Å²) in [6.07, 6.45) is 6.31. The van der Waals surface area contributed by atoms with E-state index in [1.807, 2.05) is 0 Å². The predicted octanol–water partition coefficient (Wildman–Crippen LogP) is 3.41. The molecule has 2 unspecified atom stereocenters. The quantitative estimate of drug-likeness (QED) is 0.605. The van der Waals surface area contributed by atoms with Crippen LogP contribution in [0.1, 0.15) is 40.0 Å². The molecular weight excluding hydrogens is 160 g/mol. The van der Waals surface area contributed by atoms with Crippen molar-refractivity contribution in [3.63, 3.8) is 0 Å². The Morgan fingerprint density at radius 3 is 2.92 bits per heavy atom. The highest BCUT2D eigenvalue weighted by Crippen LogP contribution is 2.29. The molecule has 0 fully saturated rings. The molecule has 1 aliphatic rings. The summed E-state index contributed by atoms with van der Waals surface area (Å²) in [6.45, 7) is 8.41. The monoisotopic (exact) mass is 182 g/mol. The fourth-order valence-electron chi connectivity index (χ4n) is 1.94. The van der Waals surface area contributed by atoms with Crippen molar-refractivity contribution in [1.29, 1.82) is 0 Å². The van der Waals surface area contributed by atoms with Gasteiger partial charge in [-0.1, -0.05) is 18.6 Å². The molecule has 13 heavy (non-hydrogen) atoms. The van der Waals surface area contributed by atoms with E-state index in [9.17, 15) is 0 Å². The van der Waals surface area contributed by atoms with Crippen molar-refractivity contribution in [3.05, 3.63) is 11.6 Å². The first-order chi connectivity index (χ1) is 6.24. The third-order valence-corrected chi connectivity index (χ3v) is 3.07. The third-order valence-electron chi connectivity index (χ3n) is 3.07. The van der Waals surface area contributed by atoms with Crippen LogP contribution in [-0.4, -0.2) is 13.2 Å². The summed E-state index contributed by atoms with van der Waals surface area (Å²) in [6, 6.07) is 0. The normalized spacial score (nSPS) is 25.5. The van der Waals surface area contributed by atoms with Crippen molar-refractivity contribution >= 4 is 0 Å². The number of hydrogen-bond donors (Lipinski definition) is 0. The van der Waals surface area contributed by atoms with E-state index < -0.39 is 0 Å². The van der Waals surface area contributed by atoms with Crippen LogP contribution in [-0.2, 0) is 4.74 Å². The van der Waals surface area contributed by atoms with Crippen molar-refractivity contribution in [3.8, 4) is 0 Å². The highest BCUT2D eigenvalue weighted by molar-refractivity contribution is 5.03. The Bertz CT molecular complexity index is 172. The molecule has 0 spiro atoms. The van der Waals surface area contributed by atoms with Crippen LogP contribution in [0.25, 0.3) is 0 Å². The second-order valence-corrected chi connectivity index (χ2v) is 4.22. The Kier molecular flexibility index (Phi) is 4.51. The van der Waals surface area contributed by atoms with E-state index in [0.29, 0.717) is 0 Å². The van der Waals surface area contributed by atoms with Crippen LogP contribution in [0.2, 0.25) is 0 Å². The largest absolute Gasteiger partial charge is 0.381 e. The highest BCUT2D eigenvalue weighted by atomic mass is 16.5. The molecule has 0 aliphatic heterocycles. The average Bonchev–Trinajstić information content (AvgIpc) is 2.15. The van der Waals surface area contributed by atoms with Gasteiger partial charge in [0, 0.05) is 13.2 Å². The van der Waals surface area contributed by atoms with Gasteiger partial charge in [-0.05, 0) is 44.9 Å². The van der Waals surface area contributed by atoms with Gasteiger partial charge < -0.3 is 4.74 Å². The lowest BCUT2D eigenvalue weighted by atomic mass is 9.82. The zero-order chi connectivity index (χ0) is 9.68. The van der Waals surface area contributed by atoms with E-state index in [1.165, 1.54) is 19.3 Å². The SMILES string of the molecule is CCOCC(C)C1CC=C(C)CC1. The molecule has 0 heterocycles. The smallest absolute Gasteiger partial charge is 0.0494 e. The lowest BCUT2D eigenvalue weighted by Gasteiger charge is -2.26. The van der Waals surface area contributed by atoms with Crippen LogP contribution in [0.5, 0.6) is 0 Å². The first kappa shape index (κ1) is 10.8. The van der Waals surface area contributed by atoms with Gasteiger partial charge in [-0.2, -0.15) is 0 Å². The van der Waals surface area contributed by atoms with E-state index in [2.05, 4.69) is 26.8 Å². The number of ether oxygens (including phenoxy) is 1. The second kappa shape index (κ2) is 5.43. The molecular formula is C12H22O. The predicted molar refractivity (Wildman–Crippen MR) is 56.8 cm³/mol. The van der Waals surface area contributed by atoms with Gasteiger partial charge in [-0.15, -0.1) is 0 Å². The van der Waals surface area contributed by atoms with E-state index in [4.69, 9.17) is 4.74 Å². The number of rotatable bonds is 4. The van der Waals surface area contributed by atoms with Gasteiger partial charge >= 0.3 is 0 Å². The Labute approximate surface area is 82.2 Å². The van der Waals surface area contributed by atoms with Gasteiger partial charge in [0.1, 0.15) is 0 Å². The maximum absolute atomic E-state index is 5.45. The number of allylic oxidation sites excluding steroid dienone is 2. The van der Waals surface area contributed by atoms with E-state index in [1.54, 1.807) is 5.57 Å². The van der Waals surface area contributed by atoms with Crippen LogP contribution in [0.15, 0.2) is 11.6 Å². The molecule has 0 bridgehead atoms. The summed E-state index contributed by atoms with van der Waals surface area (Å²) in [4.78, 5) is 0. The van der Waals surface area contributed by atoms with Gasteiger partial charge in [0.25, 0.3) is 0 Å². The van der Waals surface area contributed by atoms with Crippen LogP contribution >= 0.6 is 0 Å². The molecule has 0 N–H and O–H groups in total. The van der Waals surface area contributed by atoms with Crippen molar-refractivity contribution in [1.82, 2.24) is 0 Å². The summed E-state index contributed by atoms with van der Waals surface area (Å²) < 4.78 is 5.45. The summed E-state index contributed by atoms with van der Waals surface area (Å²) in [7, 11) is 0. The van der Waals surface area contributed by atoms with Crippen LogP contribution < -0.4 is 0 Å². The molecule has 76 valence electrons. The Hall–Kier alpha value is -0.300. The molecule has 1 aliphatic carbocycles. The van der Waals surface area contributed by atoms with Crippen molar-refractivity contribution < 1.29 is 4.74 Å². The minimum Gasteiger partial charge on any atom is -0.381 e. The highest BCUT2D eigenvalue weighted by Gasteiger charge is 2.18. The van der Waals surface area contributed by atoms with Gasteiger partial charge in [0.15, 0.2) is 0 Å². The molecule has 0 saturated carbocycles. The van der Waals surface area contributed by atoms with Gasteiger partial charge in [0.2, 0.25) is 0 Å². The number of hydrogen-bond acceptors (Lipinski definition) is 1. The fraction of sp³-hybridized carbons (Fsp3) is 0.833. The van der Waals surface area contributed by atoms with Gasteiger partial charge in [0.05, 0.1) is 0 Å². The molecule has 1 nitrogen and oxygen atoms in total. The van der Waals surface area contributed by atoms with E-state index in [-0.39, 0.29) is 0 Å². The zero-order valence-corrected chi connectivity index (χ0v) is 9.18. The third kappa shape index (κ3) is 3.51. The summed E-state index contributed by atoms with van der Waals surface area (Å²) in [5.74, 6) is 1.58. The lowest BCUT2D eigenvalue weighted by molar-refractivity contribution is 0.0903. The summed E-state index contributed by atoms with van der Waals surface area (Å²) >= 11 is 0. The Morgan fingerprint density at radius 1 is 1.62 bits per heavy atom. The van der Waals surface area contributed by atoms with Crippen LogP contribution in [0.4, 0.5) is 0 Å². The topological polar surface area (TPSA) is 9.23 Å². The van der Waals surface area contributed by atoms with Gasteiger partial charge in [-0.25, -0.2) is 0 Å². The standard InChI is InChI=1S/C12H22O/c1-4-13-9-11(3)12-7-5-10(2)6-8-12/h5,11-12H,4,6-9H2,1-3H3. The van der Waals surface area contributed by atoms with Crippen molar-refractivity contribution in [2.75, 3.05) is 13.2 Å². The molecule has 0 radical (unpaired) electrons. The van der Waals surface area contributed by atoms with Gasteiger partial charge in [-0.3, -0.25) is 0 Å². The average molecular weight is 182 g/mol. The lowest BCUT2D eigenvalue weighted by Crippen LogP contribution is -2.19. The Balaban J connectivity index is 2.28.